The van der Waals surface area contributed by atoms with Gasteiger partial charge in [-0.3, -0.25) is 9.59 Å². The first-order valence-electron chi connectivity index (χ1n) is 13.5. The van der Waals surface area contributed by atoms with Gasteiger partial charge in [-0.1, -0.05) is 68.4 Å². The Labute approximate surface area is 229 Å². The number of nitrogens with zero attached hydrogens (tertiary/aromatic N) is 1. The summed E-state index contributed by atoms with van der Waals surface area (Å²) in [7, 11) is 0. The van der Waals surface area contributed by atoms with Crippen LogP contribution in [0.5, 0.6) is 5.75 Å². The van der Waals surface area contributed by atoms with Crippen molar-refractivity contribution in [1.29, 1.82) is 0 Å². The average molecular weight is 529 g/mol. The smallest absolute Gasteiger partial charge is 0.326 e. The van der Waals surface area contributed by atoms with Crippen LogP contribution in [0.1, 0.15) is 48.2 Å². The topological polar surface area (TPSA) is 95.9 Å². The molecule has 39 heavy (non-hydrogen) atoms. The van der Waals surface area contributed by atoms with Crippen LogP contribution in [0.15, 0.2) is 78.9 Å². The van der Waals surface area contributed by atoms with Gasteiger partial charge < -0.3 is 20.1 Å². The fourth-order valence-electron chi connectivity index (χ4n) is 4.44. The third kappa shape index (κ3) is 7.93. The first-order valence-corrected chi connectivity index (χ1v) is 13.5. The van der Waals surface area contributed by atoms with Gasteiger partial charge in [-0.25, -0.2) is 4.79 Å². The highest BCUT2D eigenvalue weighted by atomic mass is 16.5. The van der Waals surface area contributed by atoms with E-state index in [2.05, 4.69) is 5.32 Å². The normalized spacial score (nSPS) is 13.5. The number of nitrogens with one attached hydrogen (secondary N) is 1. The minimum Gasteiger partial charge on any atom is -0.492 e. The van der Waals surface area contributed by atoms with E-state index in [0.29, 0.717) is 41.6 Å². The van der Waals surface area contributed by atoms with Crippen LogP contribution in [0, 0.1) is 11.8 Å². The van der Waals surface area contributed by atoms with Gasteiger partial charge >= 0.3 is 5.97 Å². The number of hydrogen-bond acceptors (Lipinski definition) is 5. The zero-order valence-corrected chi connectivity index (χ0v) is 22.5. The molecule has 0 radical (unpaired) electrons. The van der Waals surface area contributed by atoms with Crippen molar-refractivity contribution in [3.05, 3.63) is 95.6 Å². The Hall–Kier alpha value is -4.13. The molecule has 0 aromatic heterocycles. The summed E-state index contributed by atoms with van der Waals surface area (Å²) in [5.74, 6) is 0.215. The van der Waals surface area contributed by atoms with Crippen LogP contribution in [-0.2, 0) is 16.0 Å². The van der Waals surface area contributed by atoms with Crippen LogP contribution in [-0.4, -0.2) is 53.4 Å². The van der Waals surface area contributed by atoms with Gasteiger partial charge in [0.15, 0.2) is 5.78 Å². The number of amides is 1. The maximum absolute atomic E-state index is 13.0. The highest BCUT2D eigenvalue weighted by molar-refractivity contribution is 6.12. The summed E-state index contributed by atoms with van der Waals surface area (Å²) >= 11 is 0. The fourth-order valence-corrected chi connectivity index (χ4v) is 4.44. The summed E-state index contributed by atoms with van der Waals surface area (Å²) in [4.78, 5) is 39.6. The van der Waals surface area contributed by atoms with Crippen LogP contribution in [0.3, 0.4) is 0 Å². The molecule has 3 aromatic rings. The third-order valence-electron chi connectivity index (χ3n) is 6.81. The number of benzene rings is 3. The second-order valence-electron chi connectivity index (χ2n) is 10.4. The number of ether oxygens (including phenoxy) is 1. The van der Waals surface area contributed by atoms with Gasteiger partial charge in [0, 0.05) is 35.7 Å². The van der Waals surface area contributed by atoms with Crippen LogP contribution in [0.25, 0.3) is 0 Å². The molecule has 0 spiro atoms. The molecule has 1 saturated carbocycles. The minimum absolute atomic E-state index is 0.0396. The number of ketones is 1. The van der Waals surface area contributed by atoms with E-state index in [0.717, 1.165) is 12.1 Å². The summed E-state index contributed by atoms with van der Waals surface area (Å²) in [5.41, 5.74) is 2.26. The molecular formula is C32H36N2O5. The molecule has 1 amide bonds. The van der Waals surface area contributed by atoms with Gasteiger partial charge in [0.2, 0.25) is 5.91 Å². The number of hydrogen-bond donors (Lipinski definition) is 2. The lowest BCUT2D eigenvalue weighted by atomic mass is 10.00. The molecule has 0 heterocycles. The van der Waals surface area contributed by atoms with E-state index in [1.54, 1.807) is 48.5 Å². The van der Waals surface area contributed by atoms with Gasteiger partial charge in [-0.2, -0.15) is 0 Å². The van der Waals surface area contributed by atoms with Gasteiger partial charge in [0.05, 0.1) is 6.54 Å². The predicted molar refractivity (Wildman–Crippen MR) is 151 cm³/mol. The third-order valence-corrected chi connectivity index (χ3v) is 6.81. The van der Waals surface area contributed by atoms with Gasteiger partial charge in [-0.15, -0.1) is 0 Å². The zero-order valence-electron chi connectivity index (χ0n) is 22.5. The lowest BCUT2D eigenvalue weighted by Crippen LogP contribution is -2.38. The van der Waals surface area contributed by atoms with E-state index in [4.69, 9.17) is 4.74 Å². The molecule has 1 fully saturated rings. The molecule has 4 rings (SSSR count). The first-order chi connectivity index (χ1) is 18.8. The standard InChI is InChI=1S/C32H36N2O5/c1-22(2)31(36)34(21-24-12-13-24)18-19-39-26-16-14-23(15-17-26)20-29(32(37)38)33-28-11-7-6-10-27(28)30(35)25-8-4-3-5-9-25/h3-11,14-17,22,24,29,33H,12-13,18-21H2,1-2H3,(H,37,38)/t29-/m0/s1. The Morgan fingerprint density at radius 2 is 1.62 bits per heavy atom. The van der Waals surface area contributed by atoms with Crippen molar-refractivity contribution in [3.8, 4) is 5.75 Å². The van der Waals surface area contributed by atoms with Crippen LogP contribution >= 0.6 is 0 Å². The number of carboxylic acid groups (broad SMARTS) is 1. The summed E-state index contributed by atoms with van der Waals surface area (Å²) in [6.07, 6.45) is 2.60. The number of anilines is 1. The number of carboxylic acids is 1. The van der Waals surface area contributed by atoms with Crippen LogP contribution in [0.2, 0.25) is 0 Å². The summed E-state index contributed by atoms with van der Waals surface area (Å²) in [6, 6.07) is 22.3. The zero-order chi connectivity index (χ0) is 27.8. The quantitative estimate of drug-likeness (QED) is 0.276. The van der Waals surface area contributed by atoms with E-state index in [1.165, 1.54) is 12.8 Å². The van der Waals surface area contributed by atoms with Gasteiger partial charge in [0.1, 0.15) is 18.4 Å². The Kier molecular flexibility index (Phi) is 9.36. The number of para-hydroxylation sites is 1. The van der Waals surface area contributed by atoms with Gasteiger partial charge in [0.25, 0.3) is 0 Å². The number of rotatable bonds is 14. The van der Waals surface area contributed by atoms with E-state index < -0.39 is 12.0 Å². The molecule has 1 aliphatic rings. The molecule has 3 aromatic carbocycles. The van der Waals surface area contributed by atoms with E-state index in [-0.39, 0.29) is 24.0 Å². The van der Waals surface area contributed by atoms with Crippen LogP contribution in [0.4, 0.5) is 5.69 Å². The number of aliphatic carboxylic acids is 1. The Morgan fingerprint density at radius 1 is 0.949 bits per heavy atom. The van der Waals surface area contributed by atoms with Crippen molar-refractivity contribution in [1.82, 2.24) is 4.90 Å². The van der Waals surface area contributed by atoms with Crippen molar-refractivity contribution in [2.24, 2.45) is 11.8 Å². The van der Waals surface area contributed by atoms with Crippen molar-refractivity contribution in [3.63, 3.8) is 0 Å². The second-order valence-corrected chi connectivity index (χ2v) is 10.4. The average Bonchev–Trinajstić information content (AvgIpc) is 3.77. The molecule has 2 N–H and O–H groups in total. The number of carbonyl (C=O) groups is 3. The molecule has 204 valence electrons. The Morgan fingerprint density at radius 3 is 2.26 bits per heavy atom. The minimum atomic E-state index is -1.01. The van der Waals surface area contributed by atoms with Crippen molar-refractivity contribution >= 4 is 23.3 Å². The predicted octanol–water partition coefficient (Wildman–Crippen LogP) is 5.30. The largest absolute Gasteiger partial charge is 0.492 e. The summed E-state index contributed by atoms with van der Waals surface area (Å²) in [5, 5.41) is 13.0. The van der Waals surface area contributed by atoms with E-state index in [9.17, 15) is 19.5 Å². The molecule has 0 bridgehead atoms. The number of carbonyl (C=O) groups excluding carboxylic acids is 2. The highest BCUT2D eigenvalue weighted by Crippen LogP contribution is 2.30. The molecule has 1 aliphatic carbocycles. The maximum atomic E-state index is 13.0. The summed E-state index contributed by atoms with van der Waals surface area (Å²) < 4.78 is 5.89. The molecule has 0 unspecified atom stereocenters. The maximum Gasteiger partial charge on any atom is 0.326 e. The lowest BCUT2D eigenvalue weighted by Gasteiger charge is -2.24. The Bertz CT molecular complexity index is 1270. The first kappa shape index (κ1) is 27.9. The van der Waals surface area contributed by atoms with Crippen molar-refractivity contribution < 1.29 is 24.2 Å². The van der Waals surface area contributed by atoms with Crippen molar-refractivity contribution in [2.75, 3.05) is 25.0 Å². The van der Waals surface area contributed by atoms with Crippen LogP contribution < -0.4 is 10.1 Å². The Balaban J connectivity index is 1.36. The molecule has 7 nitrogen and oxygen atoms in total. The van der Waals surface area contributed by atoms with E-state index >= 15 is 0 Å². The lowest BCUT2D eigenvalue weighted by molar-refractivity contribution is -0.138. The SMILES string of the molecule is CC(C)C(=O)N(CCOc1ccc(C[C@H](Nc2ccccc2C(=O)c2ccccc2)C(=O)O)cc1)CC1CC1. The second kappa shape index (κ2) is 13.1. The van der Waals surface area contributed by atoms with Crippen molar-refractivity contribution in [2.45, 2.75) is 39.2 Å². The molecule has 0 saturated heterocycles. The summed E-state index contributed by atoms with van der Waals surface area (Å²) in [6.45, 7) is 5.57. The van der Waals surface area contributed by atoms with E-state index in [1.807, 2.05) is 49.1 Å². The molecule has 1 atom stereocenters. The fraction of sp³-hybridized carbons (Fsp3) is 0.344. The molecule has 0 aliphatic heterocycles. The monoisotopic (exact) mass is 528 g/mol. The molecular weight excluding hydrogens is 492 g/mol. The molecule has 7 heteroatoms. The highest BCUT2D eigenvalue weighted by Gasteiger charge is 2.27. The van der Waals surface area contributed by atoms with Gasteiger partial charge in [-0.05, 0) is 48.6 Å².